The number of carbonyl (C=O) groups is 1. The van der Waals surface area contributed by atoms with E-state index in [4.69, 9.17) is 5.11 Å². The molecule has 0 spiro atoms. The number of hydrogen-bond donors (Lipinski definition) is 1. The van der Waals surface area contributed by atoms with Gasteiger partial charge in [-0.25, -0.2) is 4.79 Å². The monoisotopic (exact) mass is 217 g/mol. The fourth-order valence-electron chi connectivity index (χ4n) is 2.21. The summed E-state index contributed by atoms with van der Waals surface area (Å²) in [6.45, 7) is 0. The Morgan fingerprint density at radius 3 is 2.88 bits per heavy atom. The summed E-state index contributed by atoms with van der Waals surface area (Å²) in [5, 5.41) is 9.07. The van der Waals surface area contributed by atoms with Crippen LogP contribution in [0.2, 0.25) is 0 Å². The highest BCUT2D eigenvalue weighted by atomic mass is 16.4. The van der Waals surface area contributed by atoms with E-state index in [1.54, 1.807) is 0 Å². The molecule has 1 aliphatic carbocycles. The third kappa shape index (κ3) is 1.75. The summed E-state index contributed by atoms with van der Waals surface area (Å²) >= 11 is 0. The highest BCUT2D eigenvalue weighted by Crippen LogP contribution is 2.36. The van der Waals surface area contributed by atoms with Crippen LogP contribution >= 0.6 is 0 Å². The molecule has 0 radical (unpaired) electrons. The van der Waals surface area contributed by atoms with Crippen LogP contribution in [0.5, 0.6) is 0 Å². The van der Waals surface area contributed by atoms with Crippen molar-refractivity contribution in [3.05, 3.63) is 35.4 Å². The molecule has 16 heavy (non-hydrogen) atoms. The molecular weight excluding hydrogens is 206 g/mol. The van der Waals surface area contributed by atoms with Gasteiger partial charge in [0.2, 0.25) is 6.08 Å². The largest absolute Gasteiger partial charge is 0.481 e. The second kappa shape index (κ2) is 4.29. The molecule has 2 atom stereocenters. The van der Waals surface area contributed by atoms with Gasteiger partial charge in [-0.3, -0.25) is 4.79 Å². The number of hydrogen-bond acceptors (Lipinski definition) is 3. The van der Waals surface area contributed by atoms with E-state index >= 15 is 0 Å². The fourth-order valence-corrected chi connectivity index (χ4v) is 2.21. The summed E-state index contributed by atoms with van der Waals surface area (Å²) < 4.78 is 0. The van der Waals surface area contributed by atoms with Gasteiger partial charge in [-0.2, -0.15) is 4.99 Å². The third-order valence-corrected chi connectivity index (χ3v) is 2.99. The minimum absolute atomic E-state index is 0.516. The second-order valence-corrected chi connectivity index (χ2v) is 3.85. The lowest BCUT2D eigenvalue weighted by Gasteiger charge is -2.27. The van der Waals surface area contributed by atoms with Gasteiger partial charge in [0.15, 0.2) is 0 Å². The molecule has 0 aliphatic heterocycles. The maximum atomic E-state index is 11.1. The van der Waals surface area contributed by atoms with E-state index in [1.807, 2.05) is 24.3 Å². The fraction of sp³-hybridized carbons (Fsp3) is 0.333. The van der Waals surface area contributed by atoms with Crippen molar-refractivity contribution in [1.82, 2.24) is 0 Å². The van der Waals surface area contributed by atoms with Crippen molar-refractivity contribution >= 4 is 12.0 Å². The van der Waals surface area contributed by atoms with E-state index in [2.05, 4.69) is 4.99 Å². The average molecular weight is 217 g/mol. The first-order chi connectivity index (χ1) is 7.74. The number of aliphatic imine (C=N–C) groups is 1. The first kappa shape index (κ1) is 10.6. The van der Waals surface area contributed by atoms with Gasteiger partial charge in [-0.1, -0.05) is 24.3 Å². The van der Waals surface area contributed by atoms with Crippen LogP contribution in [0.25, 0.3) is 0 Å². The van der Waals surface area contributed by atoms with Crippen LogP contribution in [0.3, 0.4) is 0 Å². The van der Waals surface area contributed by atoms with Gasteiger partial charge in [0.05, 0.1) is 5.92 Å². The Balaban J connectivity index is 2.47. The Bertz CT molecular complexity index is 463. The molecule has 4 nitrogen and oxygen atoms in total. The molecule has 1 aliphatic rings. The molecule has 1 N–H and O–H groups in total. The predicted octanol–water partition coefficient (Wildman–Crippen LogP) is 1.71. The van der Waals surface area contributed by atoms with Gasteiger partial charge in [0, 0.05) is 0 Å². The van der Waals surface area contributed by atoms with Gasteiger partial charge in [0.25, 0.3) is 0 Å². The minimum atomic E-state index is -0.904. The van der Waals surface area contributed by atoms with Crippen molar-refractivity contribution in [2.75, 3.05) is 0 Å². The van der Waals surface area contributed by atoms with Crippen molar-refractivity contribution < 1.29 is 14.7 Å². The lowest BCUT2D eigenvalue weighted by Crippen LogP contribution is -2.26. The lowest BCUT2D eigenvalue weighted by molar-refractivity contribution is -0.142. The molecule has 1 aromatic rings. The van der Waals surface area contributed by atoms with Crippen molar-refractivity contribution in [3.63, 3.8) is 0 Å². The molecule has 0 heterocycles. The Morgan fingerprint density at radius 1 is 1.44 bits per heavy atom. The standard InChI is InChI=1S/C12H11NO3/c14-7-13-11-9-4-2-1-3-8(9)5-6-10(11)12(15)16/h1-4,10-11H,5-6H2,(H,15,16). The molecule has 0 fully saturated rings. The van der Waals surface area contributed by atoms with Gasteiger partial charge in [0.1, 0.15) is 6.04 Å². The summed E-state index contributed by atoms with van der Waals surface area (Å²) in [4.78, 5) is 25.1. The maximum Gasteiger partial charge on any atom is 0.309 e. The number of rotatable bonds is 2. The summed E-state index contributed by atoms with van der Waals surface area (Å²) in [6, 6.07) is 6.93. The minimum Gasteiger partial charge on any atom is -0.481 e. The lowest BCUT2D eigenvalue weighted by atomic mass is 9.80. The number of carboxylic acids is 1. The second-order valence-electron chi connectivity index (χ2n) is 3.85. The quantitative estimate of drug-likeness (QED) is 0.605. The van der Waals surface area contributed by atoms with Gasteiger partial charge < -0.3 is 5.11 Å². The van der Waals surface area contributed by atoms with Crippen molar-refractivity contribution in [2.45, 2.75) is 18.9 Å². The smallest absolute Gasteiger partial charge is 0.309 e. The zero-order chi connectivity index (χ0) is 11.5. The van der Waals surface area contributed by atoms with Crippen molar-refractivity contribution in [2.24, 2.45) is 10.9 Å². The van der Waals surface area contributed by atoms with Gasteiger partial charge >= 0.3 is 5.97 Å². The van der Waals surface area contributed by atoms with Gasteiger partial charge in [-0.15, -0.1) is 0 Å². The SMILES string of the molecule is O=C=NC1c2ccccc2CCC1C(=O)O. The van der Waals surface area contributed by atoms with Crippen LogP contribution in [0, 0.1) is 5.92 Å². The zero-order valence-electron chi connectivity index (χ0n) is 8.59. The van der Waals surface area contributed by atoms with E-state index in [-0.39, 0.29) is 0 Å². The molecule has 1 aromatic carbocycles. The van der Waals surface area contributed by atoms with E-state index in [0.717, 1.165) is 17.5 Å². The molecule has 0 saturated heterocycles. The number of isocyanates is 1. The average Bonchev–Trinajstić information content (AvgIpc) is 2.29. The first-order valence-electron chi connectivity index (χ1n) is 5.11. The highest BCUT2D eigenvalue weighted by Gasteiger charge is 2.34. The normalized spacial score (nSPS) is 23.0. The highest BCUT2D eigenvalue weighted by molar-refractivity contribution is 5.72. The summed E-state index contributed by atoms with van der Waals surface area (Å²) in [6.07, 6.45) is 2.71. The van der Waals surface area contributed by atoms with Crippen LogP contribution in [0.4, 0.5) is 0 Å². The Kier molecular flexibility index (Phi) is 2.84. The number of aryl methyl sites for hydroxylation is 1. The van der Waals surface area contributed by atoms with Crippen molar-refractivity contribution in [3.8, 4) is 0 Å². The molecule has 2 unspecified atom stereocenters. The summed E-state index contributed by atoms with van der Waals surface area (Å²) in [5.41, 5.74) is 1.91. The topological polar surface area (TPSA) is 66.7 Å². The maximum absolute atomic E-state index is 11.1. The Morgan fingerprint density at radius 2 is 2.19 bits per heavy atom. The Hall–Kier alpha value is -1.93. The van der Waals surface area contributed by atoms with Crippen LogP contribution in [0.1, 0.15) is 23.6 Å². The van der Waals surface area contributed by atoms with E-state index in [0.29, 0.717) is 6.42 Å². The Labute approximate surface area is 92.6 Å². The van der Waals surface area contributed by atoms with E-state index < -0.39 is 17.9 Å². The summed E-state index contributed by atoms with van der Waals surface area (Å²) in [7, 11) is 0. The zero-order valence-corrected chi connectivity index (χ0v) is 8.59. The van der Waals surface area contributed by atoms with E-state index in [9.17, 15) is 9.59 Å². The molecule has 0 bridgehead atoms. The molecular formula is C12H11NO3. The van der Waals surface area contributed by atoms with Crippen LogP contribution in [-0.4, -0.2) is 17.2 Å². The van der Waals surface area contributed by atoms with Crippen LogP contribution < -0.4 is 0 Å². The van der Waals surface area contributed by atoms with Crippen molar-refractivity contribution in [1.29, 1.82) is 0 Å². The number of carboxylic acid groups (broad SMARTS) is 1. The number of carbonyl (C=O) groups excluding carboxylic acids is 1. The van der Waals surface area contributed by atoms with Gasteiger partial charge in [-0.05, 0) is 24.0 Å². The number of fused-ring (bicyclic) bond motifs is 1. The molecule has 2 rings (SSSR count). The van der Waals surface area contributed by atoms with Crippen LogP contribution in [-0.2, 0) is 16.0 Å². The van der Waals surface area contributed by atoms with Crippen LogP contribution in [0.15, 0.2) is 29.3 Å². The van der Waals surface area contributed by atoms with E-state index in [1.165, 1.54) is 6.08 Å². The number of aliphatic carboxylic acids is 1. The molecule has 0 saturated carbocycles. The first-order valence-corrected chi connectivity index (χ1v) is 5.11. The number of benzene rings is 1. The molecule has 82 valence electrons. The predicted molar refractivity (Wildman–Crippen MR) is 56.8 cm³/mol. The number of nitrogens with zero attached hydrogens (tertiary/aromatic N) is 1. The molecule has 4 heteroatoms. The molecule has 0 amide bonds. The summed E-state index contributed by atoms with van der Waals surface area (Å²) in [5.74, 6) is -1.52. The molecule has 0 aromatic heterocycles. The third-order valence-electron chi connectivity index (χ3n) is 2.99.